The molecule has 2 heterocycles. The van der Waals surface area contributed by atoms with Crippen LogP contribution in [0.25, 0.3) is 0 Å². The quantitative estimate of drug-likeness (QED) is 0.698. The third-order valence-electron chi connectivity index (χ3n) is 4.83. The Morgan fingerprint density at radius 2 is 1.71 bits per heavy atom. The maximum atomic E-state index is 12.8. The second-order valence-corrected chi connectivity index (χ2v) is 7.17. The van der Waals surface area contributed by atoms with Gasteiger partial charge in [-0.3, -0.25) is 4.79 Å². The lowest BCUT2D eigenvalue weighted by Gasteiger charge is -2.24. The summed E-state index contributed by atoms with van der Waals surface area (Å²) in [6.07, 6.45) is 3.45. The molecular formula is C21H21ClN4O2. The monoisotopic (exact) mass is 396 g/mol. The van der Waals surface area contributed by atoms with E-state index >= 15 is 0 Å². The summed E-state index contributed by atoms with van der Waals surface area (Å²) in [6, 6.07) is 16.5. The van der Waals surface area contributed by atoms with Crippen LogP contribution in [0.1, 0.15) is 47.1 Å². The number of benzene rings is 2. The van der Waals surface area contributed by atoms with Gasteiger partial charge < -0.3 is 14.6 Å². The molecule has 2 aromatic carbocycles. The Hall–Kier alpha value is -2.86. The minimum atomic E-state index is -0.559. The van der Waals surface area contributed by atoms with Crippen LogP contribution in [0.3, 0.4) is 0 Å². The number of carbonyl (C=O) groups is 1. The van der Waals surface area contributed by atoms with Crippen molar-refractivity contribution in [2.24, 2.45) is 0 Å². The summed E-state index contributed by atoms with van der Waals surface area (Å²) < 4.78 is 5.96. The second-order valence-electron chi connectivity index (χ2n) is 6.77. The summed E-state index contributed by atoms with van der Waals surface area (Å²) >= 11 is 6.18. The van der Waals surface area contributed by atoms with Crippen molar-refractivity contribution < 1.29 is 9.21 Å². The number of amides is 1. The molecule has 1 aliphatic rings. The smallest absolute Gasteiger partial charge is 0.318 e. The molecule has 1 amide bonds. The van der Waals surface area contributed by atoms with Crippen LogP contribution in [-0.2, 0) is 0 Å². The van der Waals surface area contributed by atoms with E-state index in [1.165, 1.54) is 6.42 Å². The molecule has 4 rings (SSSR count). The Labute approximate surface area is 168 Å². The molecule has 28 heavy (non-hydrogen) atoms. The Bertz CT molecular complexity index is 938. The summed E-state index contributed by atoms with van der Waals surface area (Å²) in [5, 5.41) is 11.8. The van der Waals surface area contributed by atoms with Gasteiger partial charge in [0.1, 0.15) is 6.04 Å². The van der Waals surface area contributed by atoms with Crippen molar-refractivity contribution in [3.8, 4) is 0 Å². The van der Waals surface area contributed by atoms with Crippen LogP contribution in [0.5, 0.6) is 0 Å². The van der Waals surface area contributed by atoms with Gasteiger partial charge in [-0.05, 0) is 37.0 Å². The molecule has 0 radical (unpaired) electrons. The predicted octanol–water partition coefficient (Wildman–Crippen LogP) is 4.23. The topological polar surface area (TPSA) is 71.3 Å². The predicted molar refractivity (Wildman–Crippen MR) is 108 cm³/mol. The first kappa shape index (κ1) is 18.5. The molecule has 1 fully saturated rings. The molecule has 1 atom stereocenters. The van der Waals surface area contributed by atoms with Gasteiger partial charge in [0.25, 0.3) is 5.91 Å². The van der Waals surface area contributed by atoms with Gasteiger partial charge in [-0.25, -0.2) is 0 Å². The lowest BCUT2D eigenvalue weighted by molar-refractivity contribution is 0.0938. The van der Waals surface area contributed by atoms with E-state index in [4.69, 9.17) is 16.0 Å². The normalized spacial score (nSPS) is 15.2. The van der Waals surface area contributed by atoms with Crippen molar-refractivity contribution >= 4 is 23.5 Å². The molecule has 1 saturated heterocycles. The number of hydrogen-bond acceptors (Lipinski definition) is 5. The van der Waals surface area contributed by atoms with Gasteiger partial charge in [-0.2, -0.15) is 0 Å². The van der Waals surface area contributed by atoms with Crippen LogP contribution < -0.4 is 10.2 Å². The summed E-state index contributed by atoms with van der Waals surface area (Å²) in [4.78, 5) is 14.9. The Kier molecular flexibility index (Phi) is 5.58. The van der Waals surface area contributed by atoms with Crippen LogP contribution in [0.2, 0.25) is 5.02 Å². The molecule has 1 aromatic heterocycles. The molecule has 0 aliphatic carbocycles. The van der Waals surface area contributed by atoms with Crippen LogP contribution in [-0.4, -0.2) is 29.2 Å². The van der Waals surface area contributed by atoms with Gasteiger partial charge in [-0.15, -0.1) is 5.10 Å². The number of piperidine rings is 1. The van der Waals surface area contributed by atoms with E-state index in [-0.39, 0.29) is 5.91 Å². The van der Waals surface area contributed by atoms with Crippen LogP contribution in [0.15, 0.2) is 59.0 Å². The van der Waals surface area contributed by atoms with Gasteiger partial charge in [0.05, 0.1) is 10.6 Å². The second kappa shape index (κ2) is 8.44. The first-order valence-corrected chi connectivity index (χ1v) is 9.79. The molecule has 1 N–H and O–H groups in total. The molecule has 0 bridgehead atoms. The van der Waals surface area contributed by atoms with E-state index in [9.17, 15) is 4.79 Å². The number of halogens is 1. The van der Waals surface area contributed by atoms with E-state index in [2.05, 4.69) is 20.4 Å². The van der Waals surface area contributed by atoms with Crippen LogP contribution >= 0.6 is 11.6 Å². The molecular weight excluding hydrogens is 376 g/mol. The van der Waals surface area contributed by atoms with Gasteiger partial charge >= 0.3 is 6.01 Å². The van der Waals surface area contributed by atoms with Crippen molar-refractivity contribution in [2.45, 2.75) is 25.3 Å². The van der Waals surface area contributed by atoms with E-state index in [1.54, 1.807) is 24.3 Å². The first-order chi connectivity index (χ1) is 13.7. The molecule has 0 spiro atoms. The molecule has 7 heteroatoms. The van der Waals surface area contributed by atoms with Crippen LogP contribution in [0, 0.1) is 0 Å². The van der Waals surface area contributed by atoms with Gasteiger partial charge in [0.15, 0.2) is 0 Å². The molecule has 1 unspecified atom stereocenters. The minimum absolute atomic E-state index is 0.294. The highest BCUT2D eigenvalue weighted by Crippen LogP contribution is 2.26. The van der Waals surface area contributed by atoms with Crippen molar-refractivity contribution in [3.05, 3.63) is 76.6 Å². The molecule has 6 nitrogen and oxygen atoms in total. The number of carbonyl (C=O) groups excluding carboxylic acids is 1. The van der Waals surface area contributed by atoms with Crippen molar-refractivity contribution in [1.29, 1.82) is 0 Å². The fourth-order valence-corrected chi connectivity index (χ4v) is 3.56. The van der Waals surface area contributed by atoms with E-state index in [0.717, 1.165) is 31.5 Å². The fraction of sp³-hybridized carbons (Fsp3) is 0.286. The highest BCUT2D eigenvalue weighted by molar-refractivity contribution is 6.33. The average molecular weight is 397 g/mol. The molecule has 1 aliphatic heterocycles. The maximum absolute atomic E-state index is 12.8. The largest absolute Gasteiger partial charge is 0.405 e. The summed E-state index contributed by atoms with van der Waals surface area (Å²) in [7, 11) is 0. The average Bonchev–Trinajstić information content (AvgIpc) is 3.23. The van der Waals surface area contributed by atoms with Gasteiger partial charge in [0, 0.05) is 13.1 Å². The van der Waals surface area contributed by atoms with Crippen molar-refractivity contribution in [1.82, 2.24) is 15.5 Å². The number of hydrogen-bond donors (Lipinski definition) is 1. The summed E-state index contributed by atoms with van der Waals surface area (Å²) in [6.45, 7) is 1.81. The van der Waals surface area contributed by atoms with E-state index < -0.39 is 6.04 Å². The highest BCUT2D eigenvalue weighted by Gasteiger charge is 2.26. The molecule has 144 valence electrons. The Morgan fingerprint density at radius 3 is 2.46 bits per heavy atom. The van der Waals surface area contributed by atoms with Gasteiger partial charge in [-0.1, -0.05) is 59.2 Å². The highest BCUT2D eigenvalue weighted by atomic mass is 35.5. The Morgan fingerprint density at radius 1 is 1.00 bits per heavy atom. The summed E-state index contributed by atoms with van der Waals surface area (Å²) in [5.74, 6) is 0.0596. The standard InChI is InChI=1S/C21H21ClN4O2/c22-17-12-6-5-11-16(17)19(27)23-18(15-9-3-1-4-10-15)20-24-25-21(28-20)26-13-7-2-8-14-26/h1,3-6,9-12,18H,2,7-8,13-14H2,(H,23,27). The zero-order valence-corrected chi connectivity index (χ0v) is 16.1. The first-order valence-electron chi connectivity index (χ1n) is 9.41. The number of nitrogens with one attached hydrogen (secondary N) is 1. The maximum Gasteiger partial charge on any atom is 0.318 e. The summed E-state index contributed by atoms with van der Waals surface area (Å²) in [5.41, 5.74) is 1.26. The molecule has 3 aromatic rings. The SMILES string of the molecule is O=C(NC(c1ccccc1)c1nnc(N2CCCCC2)o1)c1ccccc1Cl. The van der Waals surface area contributed by atoms with E-state index in [1.807, 2.05) is 30.3 Å². The zero-order chi connectivity index (χ0) is 19.3. The third kappa shape index (κ3) is 4.02. The lowest BCUT2D eigenvalue weighted by Crippen LogP contribution is -2.30. The minimum Gasteiger partial charge on any atom is -0.405 e. The number of rotatable bonds is 5. The number of anilines is 1. The van der Waals surface area contributed by atoms with Crippen molar-refractivity contribution in [2.75, 3.05) is 18.0 Å². The van der Waals surface area contributed by atoms with Gasteiger partial charge in [0.2, 0.25) is 5.89 Å². The third-order valence-corrected chi connectivity index (χ3v) is 5.16. The Balaban J connectivity index is 1.62. The number of nitrogens with zero attached hydrogens (tertiary/aromatic N) is 3. The van der Waals surface area contributed by atoms with E-state index in [0.29, 0.717) is 22.5 Å². The van der Waals surface area contributed by atoms with Crippen molar-refractivity contribution in [3.63, 3.8) is 0 Å². The fourth-order valence-electron chi connectivity index (χ4n) is 3.34. The lowest BCUT2D eigenvalue weighted by atomic mass is 10.1. The molecule has 0 saturated carbocycles. The number of aromatic nitrogens is 2. The van der Waals surface area contributed by atoms with Crippen LogP contribution in [0.4, 0.5) is 6.01 Å². The zero-order valence-electron chi connectivity index (χ0n) is 15.3.